The Bertz CT molecular complexity index is 491. The minimum Gasteiger partial charge on any atom is -0.392 e. The summed E-state index contributed by atoms with van der Waals surface area (Å²) in [5.74, 6) is -1.30. The van der Waals surface area contributed by atoms with Gasteiger partial charge in [0.05, 0.1) is 12.2 Å². The van der Waals surface area contributed by atoms with Crippen LogP contribution in [0.1, 0.15) is 31.4 Å². The van der Waals surface area contributed by atoms with E-state index in [1.54, 1.807) is 6.92 Å². The van der Waals surface area contributed by atoms with E-state index in [1.807, 2.05) is 0 Å². The number of piperidine rings is 1. The van der Waals surface area contributed by atoms with Crippen LogP contribution in [-0.2, 0) is 0 Å². The van der Waals surface area contributed by atoms with Crippen LogP contribution in [0.2, 0.25) is 0 Å². The maximum atomic E-state index is 13.2. The number of likely N-dealkylation sites (tertiary alicyclic amines) is 1. The summed E-state index contributed by atoms with van der Waals surface area (Å²) in [5.41, 5.74) is 0.378. The molecule has 0 unspecified atom stereocenters. The first-order valence-corrected chi connectivity index (χ1v) is 8.20. The number of β-amino-alcohol motifs (C(OH)–C–C–N with tert-alkyl or cyclic N) is 1. The van der Waals surface area contributed by atoms with Crippen LogP contribution in [0.4, 0.5) is 8.78 Å². The Morgan fingerprint density at radius 2 is 1.91 bits per heavy atom. The summed E-state index contributed by atoms with van der Waals surface area (Å²) < 4.78 is 26.0. The summed E-state index contributed by atoms with van der Waals surface area (Å²) in [6, 6.07) is 3.47. The topological polar surface area (TPSA) is 55.7 Å². The lowest BCUT2D eigenvalue weighted by Gasteiger charge is -2.32. The molecule has 1 aromatic carbocycles. The van der Waals surface area contributed by atoms with Gasteiger partial charge in [0.2, 0.25) is 0 Å². The zero-order valence-electron chi connectivity index (χ0n) is 13.5. The molecule has 6 heteroatoms. The van der Waals surface area contributed by atoms with Gasteiger partial charge in [0, 0.05) is 13.1 Å². The molecule has 0 aromatic heterocycles. The van der Waals surface area contributed by atoms with Gasteiger partial charge in [0.15, 0.2) is 11.6 Å². The molecule has 0 spiro atoms. The highest BCUT2D eigenvalue weighted by Gasteiger charge is 2.20. The Morgan fingerprint density at radius 3 is 2.52 bits per heavy atom. The van der Waals surface area contributed by atoms with E-state index < -0.39 is 17.7 Å². The van der Waals surface area contributed by atoms with Crippen molar-refractivity contribution in [2.45, 2.75) is 32.0 Å². The molecule has 4 nitrogen and oxygen atoms in total. The third-order valence-corrected chi connectivity index (χ3v) is 4.33. The molecule has 130 valence electrons. The van der Waals surface area contributed by atoms with E-state index in [9.17, 15) is 19.0 Å². The standard InChI is InChI=1S/C17H26F2N2O2/c1-12(22)11-21-6-4-13(5-7-21)9-20-10-17(23)14-2-3-15(18)16(19)8-14/h2-3,8,12-13,17,20,22-23H,4-7,9-11H2,1H3/t12-,17+/m0/s1. The third-order valence-electron chi connectivity index (χ3n) is 4.33. The fourth-order valence-electron chi connectivity index (χ4n) is 3.01. The van der Waals surface area contributed by atoms with Crippen LogP contribution >= 0.6 is 0 Å². The summed E-state index contributed by atoms with van der Waals surface area (Å²) >= 11 is 0. The Kier molecular flexibility index (Phi) is 6.89. The van der Waals surface area contributed by atoms with Gasteiger partial charge >= 0.3 is 0 Å². The molecule has 1 aliphatic heterocycles. The molecule has 2 rings (SSSR count). The molecule has 1 aromatic rings. The van der Waals surface area contributed by atoms with Crippen molar-refractivity contribution in [2.24, 2.45) is 5.92 Å². The predicted molar refractivity (Wildman–Crippen MR) is 85.0 cm³/mol. The minimum absolute atomic E-state index is 0.295. The van der Waals surface area contributed by atoms with Crippen LogP contribution in [0.5, 0.6) is 0 Å². The van der Waals surface area contributed by atoms with Gasteiger partial charge in [-0.25, -0.2) is 8.78 Å². The SMILES string of the molecule is C[C@H](O)CN1CCC(CNC[C@@H](O)c2ccc(F)c(F)c2)CC1. The van der Waals surface area contributed by atoms with Gasteiger partial charge in [0.1, 0.15) is 0 Å². The molecule has 23 heavy (non-hydrogen) atoms. The van der Waals surface area contributed by atoms with Crippen LogP contribution in [-0.4, -0.2) is 53.9 Å². The van der Waals surface area contributed by atoms with Gasteiger partial charge in [0.25, 0.3) is 0 Å². The molecule has 1 heterocycles. The highest BCUT2D eigenvalue weighted by molar-refractivity contribution is 5.20. The number of aliphatic hydroxyl groups excluding tert-OH is 2. The van der Waals surface area contributed by atoms with Crippen molar-refractivity contribution in [1.82, 2.24) is 10.2 Å². The molecular formula is C17H26F2N2O2. The molecular weight excluding hydrogens is 302 g/mol. The number of nitrogens with one attached hydrogen (secondary N) is 1. The second-order valence-electron chi connectivity index (χ2n) is 6.44. The second-order valence-corrected chi connectivity index (χ2v) is 6.44. The van der Waals surface area contributed by atoms with E-state index in [-0.39, 0.29) is 6.10 Å². The molecule has 0 aliphatic carbocycles. The normalized spacial score (nSPS) is 19.7. The molecule has 1 aliphatic rings. The fourth-order valence-corrected chi connectivity index (χ4v) is 3.01. The van der Waals surface area contributed by atoms with Crippen LogP contribution in [0.15, 0.2) is 18.2 Å². The summed E-state index contributed by atoms with van der Waals surface area (Å²) in [4.78, 5) is 2.26. The van der Waals surface area contributed by atoms with Crippen molar-refractivity contribution in [3.8, 4) is 0 Å². The molecule has 0 bridgehead atoms. The summed E-state index contributed by atoms with van der Waals surface area (Å²) in [7, 11) is 0. The lowest BCUT2D eigenvalue weighted by Crippen LogP contribution is -2.40. The lowest BCUT2D eigenvalue weighted by molar-refractivity contribution is 0.0984. The first-order valence-electron chi connectivity index (χ1n) is 8.20. The number of hydrogen-bond acceptors (Lipinski definition) is 4. The molecule has 3 N–H and O–H groups in total. The predicted octanol–water partition coefficient (Wildman–Crippen LogP) is 1.68. The highest BCUT2D eigenvalue weighted by atomic mass is 19.2. The van der Waals surface area contributed by atoms with Crippen molar-refractivity contribution < 1.29 is 19.0 Å². The first kappa shape index (κ1) is 18.3. The molecule has 2 atom stereocenters. The number of hydrogen-bond donors (Lipinski definition) is 3. The maximum Gasteiger partial charge on any atom is 0.159 e. The van der Waals surface area contributed by atoms with Crippen LogP contribution in [0, 0.1) is 17.6 Å². The Hall–Kier alpha value is -1.08. The number of halogens is 2. The monoisotopic (exact) mass is 328 g/mol. The van der Waals surface area contributed by atoms with Crippen molar-refractivity contribution in [2.75, 3.05) is 32.7 Å². The van der Waals surface area contributed by atoms with Gasteiger partial charge in [-0.1, -0.05) is 6.07 Å². The Balaban J connectivity index is 1.68. The molecule has 0 saturated carbocycles. The average molecular weight is 328 g/mol. The lowest BCUT2D eigenvalue weighted by atomic mass is 9.96. The Morgan fingerprint density at radius 1 is 1.22 bits per heavy atom. The van der Waals surface area contributed by atoms with Gasteiger partial charge in [-0.2, -0.15) is 0 Å². The average Bonchev–Trinajstić information content (AvgIpc) is 2.51. The quantitative estimate of drug-likeness (QED) is 0.713. The van der Waals surface area contributed by atoms with Gasteiger partial charge < -0.3 is 20.4 Å². The van der Waals surface area contributed by atoms with Crippen molar-refractivity contribution in [3.63, 3.8) is 0 Å². The minimum atomic E-state index is -0.938. The number of nitrogens with zero attached hydrogens (tertiary/aromatic N) is 1. The first-order chi connectivity index (χ1) is 11.0. The smallest absolute Gasteiger partial charge is 0.159 e. The third kappa shape index (κ3) is 5.80. The summed E-state index contributed by atoms with van der Waals surface area (Å²) in [5, 5.41) is 22.6. The van der Waals surface area contributed by atoms with Crippen molar-refractivity contribution in [3.05, 3.63) is 35.4 Å². The van der Waals surface area contributed by atoms with Gasteiger partial charge in [-0.05, 0) is 63.0 Å². The van der Waals surface area contributed by atoms with Crippen LogP contribution < -0.4 is 5.32 Å². The van der Waals surface area contributed by atoms with E-state index in [2.05, 4.69) is 10.2 Å². The van der Waals surface area contributed by atoms with Crippen molar-refractivity contribution >= 4 is 0 Å². The maximum absolute atomic E-state index is 13.2. The number of benzene rings is 1. The van der Waals surface area contributed by atoms with E-state index in [1.165, 1.54) is 6.07 Å². The van der Waals surface area contributed by atoms with Gasteiger partial charge in [-0.3, -0.25) is 0 Å². The van der Waals surface area contributed by atoms with E-state index in [4.69, 9.17) is 0 Å². The van der Waals surface area contributed by atoms with Crippen LogP contribution in [0.3, 0.4) is 0 Å². The van der Waals surface area contributed by atoms with Gasteiger partial charge in [-0.15, -0.1) is 0 Å². The number of rotatable bonds is 7. The zero-order chi connectivity index (χ0) is 16.8. The summed E-state index contributed by atoms with van der Waals surface area (Å²) in [6.45, 7) is 5.58. The van der Waals surface area contributed by atoms with E-state index in [0.29, 0.717) is 18.0 Å². The highest BCUT2D eigenvalue weighted by Crippen LogP contribution is 2.18. The molecule has 0 amide bonds. The molecule has 0 radical (unpaired) electrons. The second kappa shape index (κ2) is 8.68. The Labute approximate surface area is 136 Å². The molecule has 1 saturated heterocycles. The van der Waals surface area contributed by atoms with Crippen LogP contribution in [0.25, 0.3) is 0 Å². The fraction of sp³-hybridized carbons (Fsp3) is 0.647. The van der Waals surface area contributed by atoms with E-state index in [0.717, 1.165) is 51.2 Å². The number of aliphatic hydroxyl groups is 2. The summed E-state index contributed by atoms with van der Waals surface area (Å²) in [6.07, 6.45) is 0.971. The molecule has 1 fully saturated rings. The zero-order valence-corrected chi connectivity index (χ0v) is 13.5. The van der Waals surface area contributed by atoms with Crippen molar-refractivity contribution in [1.29, 1.82) is 0 Å². The van der Waals surface area contributed by atoms with E-state index >= 15 is 0 Å². The largest absolute Gasteiger partial charge is 0.392 e.